The van der Waals surface area contributed by atoms with Crippen molar-refractivity contribution < 1.29 is 22.7 Å². The average Bonchev–Trinajstić information content (AvgIpc) is 3.29. The summed E-state index contributed by atoms with van der Waals surface area (Å²) in [5.74, 6) is 1.75. The Bertz CT molecular complexity index is 1310. The van der Waals surface area contributed by atoms with Crippen molar-refractivity contribution in [1.82, 2.24) is 10.2 Å². The summed E-state index contributed by atoms with van der Waals surface area (Å²) in [5.41, 5.74) is 1.25. The van der Waals surface area contributed by atoms with Crippen molar-refractivity contribution in [2.45, 2.75) is 36.1 Å². The molecular weight excluding hydrogens is 508 g/mol. The second kappa shape index (κ2) is 10.4. The first-order chi connectivity index (χ1) is 16.7. The molecule has 1 N–H and O–H groups in total. The summed E-state index contributed by atoms with van der Waals surface area (Å²) in [7, 11) is -2.47. The van der Waals surface area contributed by atoms with Crippen LogP contribution < -0.4 is 19.1 Å². The molecule has 1 amide bonds. The van der Waals surface area contributed by atoms with Gasteiger partial charge >= 0.3 is 0 Å². The predicted molar refractivity (Wildman–Crippen MR) is 137 cm³/mol. The van der Waals surface area contributed by atoms with Crippen molar-refractivity contribution in [3.05, 3.63) is 48.0 Å². The van der Waals surface area contributed by atoms with Crippen LogP contribution in [0.15, 0.2) is 51.7 Å². The summed E-state index contributed by atoms with van der Waals surface area (Å²) in [5, 5.41) is 11.2. The molecule has 0 saturated carbocycles. The lowest BCUT2D eigenvalue weighted by atomic mass is 10.1. The lowest BCUT2D eigenvalue weighted by Gasteiger charge is -2.34. The zero-order valence-electron chi connectivity index (χ0n) is 19.7. The van der Waals surface area contributed by atoms with Crippen molar-refractivity contribution in [3.63, 3.8) is 0 Å². The van der Waals surface area contributed by atoms with Crippen LogP contribution in [0.25, 0.3) is 0 Å². The molecule has 0 saturated heterocycles. The van der Waals surface area contributed by atoms with Gasteiger partial charge in [-0.25, -0.2) is 8.42 Å². The predicted octanol–water partition coefficient (Wildman–Crippen LogP) is 4.20. The molecule has 4 rings (SSSR count). The minimum absolute atomic E-state index is 0.0859. The Morgan fingerprint density at radius 3 is 2.69 bits per heavy atom. The summed E-state index contributed by atoms with van der Waals surface area (Å²) < 4.78 is 40.2. The number of benzene rings is 2. The van der Waals surface area contributed by atoms with E-state index in [0.29, 0.717) is 28.2 Å². The van der Waals surface area contributed by atoms with Crippen LogP contribution in [0.1, 0.15) is 19.4 Å². The van der Waals surface area contributed by atoms with E-state index in [1.54, 1.807) is 42.1 Å². The van der Waals surface area contributed by atoms with E-state index in [0.717, 1.165) is 15.7 Å². The molecule has 0 aliphatic carbocycles. The molecule has 1 aliphatic rings. The van der Waals surface area contributed by atoms with Gasteiger partial charge in [-0.1, -0.05) is 43.0 Å². The van der Waals surface area contributed by atoms with Gasteiger partial charge in [0.2, 0.25) is 5.13 Å². The number of carbonyl (C=O) groups is 1. The number of nitrogens with zero attached hydrogens (tertiary/aromatic N) is 3. The second-order valence-corrected chi connectivity index (χ2v) is 12.5. The van der Waals surface area contributed by atoms with Gasteiger partial charge in [-0.3, -0.25) is 14.4 Å². The normalized spacial score (nSPS) is 15.5. The van der Waals surface area contributed by atoms with Gasteiger partial charge in [-0.05, 0) is 54.8 Å². The maximum atomic E-state index is 13.6. The molecule has 12 heteroatoms. The molecule has 0 spiro atoms. The molecule has 1 aromatic heterocycles. The first-order valence-corrected chi connectivity index (χ1v) is 14.1. The molecule has 1 aliphatic heterocycles. The van der Waals surface area contributed by atoms with E-state index >= 15 is 0 Å². The van der Waals surface area contributed by atoms with Gasteiger partial charge in [0, 0.05) is 5.75 Å². The van der Waals surface area contributed by atoms with E-state index in [1.165, 1.54) is 34.9 Å². The number of hydrogen-bond donors (Lipinski definition) is 1. The van der Waals surface area contributed by atoms with Gasteiger partial charge < -0.3 is 9.47 Å². The van der Waals surface area contributed by atoms with Crippen LogP contribution in [0.2, 0.25) is 0 Å². The van der Waals surface area contributed by atoms with E-state index in [1.807, 2.05) is 6.92 Å². The summed E-state index contributed by atoms with van der Waals surface area (Å²) in [6.07, 6.45) is -1.08. The smallest absolute Gasteiger partial charge is 0.269 e. The van der Waals surface area contributed by atoms with Crippen LogP contribution in [0.3, 0.4) is 0 Å². The maximum absolute atomic E-state index is 13.6. The zero-order valence-corrected chi connectivity index (χ0v) is 22.2. The number of nitrogens with one attached hydrogen (secondary N) is 1. The third-order valence-electron chi connectivity index (χ3n) is 5.10. The number of ether oxygens (including phenoxy) is 2. The van der Waals surface area contributed by atoms with Crippen LogP contribution in [0, 0.1) is 12.8 Å². The van der Waals surface area contributed by atoms with Crippen LogP contribution in [-0.4, -0.2) is 50.0 Å². The Labute approximate surface area is 212 Å². The fourth-order valence-electron chi connectivity index (χ4n) is 3.34. The Kier molecular flexibility index (Phi) is 7.53. The molecule has 0 bridgehead atoms. The van der Waals surface area contributed by atoms with Crippen molar-refractivity contribution >= 4 is 49.8 Å². The van der Waals surface area contributed by atoms with Crippen molar-refractivity contribution in [2.24, 2.45) is 5.92 Å². The summed E-state index contributed by atoms with van der Waals surface area (Å²) in [6.45, 7) is 5.90. The van der Waals surface area contributed by atoms with Crippen molar-refractivity contribution in [2.75, 3.05) is 29.0 Å². The highest BCUT2D eigenvalue weighted by molar-refractivity contribution is 8.01. The standard InChI is InChI=1S/C23H26N4O5S3/c1-14(2)13-33-23-26-25-22(34-23)24-21(28)20-12-27(18-11-15(3)5-10-19(18)32-20)35(29,30)17-8-6-16(31-4)7-9-17/h5-11,14,20H,12-13H2,1-4H3,(H,24,25,28). The van der Waals surface area contributed by atoms with E-state index in [4.69, 9.17) is 9.47 Å². The Balaban J connectivity index is 1.59. The van der Waals surface area contributed by atoms with E-state index in [2.05, 4.69) is 29.4 Å². The molecule has 3 aromatic rings. The van der Waals surface area contributed by atoms with Gasteiger partial charge in [-0.15, -0.1) is 10.2 Å². The number of aryl methyl sites for hydroxylation is 1. The van der Waals surface area contributed by atoms with Crippen LogP contribution >= 0.6 is 23.1 Å². The summed E-state index contributed by atoms with van der Waals surface area (Å²) in [4.78, 5) is 13.2. The van der Waals surface area contributed by atoms with E-state index < -0.39 is 22.0 Å². The third-order valence-corrected chi connectivity index (χ3v) is 9.29. The van der Waals surface area contributed by atoms with Crippen LogP contribution in [-0.2, 0) is 14.8 Å². The van der Waals surface area contributed by atoms with Crippen molar-refractivity contribution in [3.8, 4) is 11.5 Å². The van der Waals surface area contributed by atoms with E-state index in [9.17, 15) is 13.2 Å². The molecule has 35 heavy (non-hydrogen) atoms. The lowest BCUT2D eigenvalue weighted by Crippen LogP contribution is -2.48. The number of sulfonamides is 1. The first kappa shape index (κ1) is 25.3. The average molecular weight is 535 g/mol. The third kappa shape index (κ3) is 5.71. The molecule has 2 aromatic carbocycles. The Morgan fingerprint density at radius 1 is 1.26 bits per heavy atom. The molecule has 1 atom stereocenters. The van der Waals surface area contributed by atoms with Gasteiger partial charge in [0.1, 0.15) is 11.5 Å². The van der Waals surface area contributed by atoms with Gasteiger partial charge in [0.05, 0.1) is 24.2 Å². The molecule has 186 valence electrons. The fourth-order valence-corrected chi connectivity index (χ4v) is 6.54. The highest BCUT2D eigenvalue weighted by Gasteiger charge is 2.38. The minimum Gasteiger partial charge on any atom is -0.497 e. The van der Waals surface area contributed by atoms with Crippen molar-refractivity contribution in [1.29, 1.82) is 0 Å². The number of hydrogen-bond acceptors (Lipinski definition) is 9. The number of anilines is 2. The topological polar surface area (TPSA) is 111 Å². The Morgan fingerprint density at radius 2 is 2.00 bits per heavy atom. The number of thioether (sulfide) groups is 1. The van der Waals surface area contributed by atoms with Gasteiger partial charge in [0.15, 0.2) is 10.4 Å². The second-order valence-electron chi connectivity index (χ2n) is 8.36. The summed E-state index contributed by atoms with van der Waals surface area (Å²) >= 11 is 2.84. The van der Waals surface area contributed by atoms with Gasteiger partial charge in [-0.2, -0.15) is 0 Å². The zero-order chi connectivity index (χ0) is 25.2. The quantitative estimate of drug-likeness (QED) is 0.338. The summed E-state index contributed by atoms with van der Waals surface area (Å²) in [6, 6.07) is 11.3. The highest BCUT2D eigenvalue weighted by atomic mass is 32.2. The molecule has 1 unspecified atom stereocenters. The SMILES string of the molecule is COc1ccc(S(=O)(=O)N2CC(C(=O)Nc3nnc(SCC(C)C)s3)Oc3ccc(C)cc32)cc1. The van der Waals surface area contributed by atoms with E-state index in [-0.39, 0.29) is 11.4 Å². The largest absolute Gasteiger partial charge is 0.497 e. The van der Waals surface area contributed by atoms with Crippen LogP contribution in [0.4, 0.5) is 10.8 Å². The van der Waals surface area contributed by atoms with Crippen LogP contribution in [0.5, 0.6) is 11.5 Å². The molecule has 0 radical (unpaired) electrons. The van der Waals surface area contributed by atoms with Gasteiger partial charge in [0.25, 0.3) is 15.9 Å². The molecular formula is C23H26N4O5S3. The first-order valence-electron chi connectivity index (χ1n) is 10.9. The highest BCUT2D eigenvalue weighted by Crippen LogP contribution is 2.38. The lowest BCUT2D eigenvalue weighted by molar-refractivity contribution is -0.122. The molecule has 9 nitrogen and oxygen atoms in total. The molecule has 2 heterocycles. The molecule has 0 fully saturated rings. The number of aromatic nitrogens is 2. The maximum Gasteiger partial charge on any atom is 0.269 e. The Hall–Kier alpha value is -2.83. The number of methoxy groups -OCH3 is 1. The number of amides is 1. The fraction of sp³-hybridized carbons (Fsp3) is 0.348. The number of fused-ring (bicyclic) bond motifs is 1. The number of carbonyl (C=O) groups excluding carboxylic acids is 1. The number of rotatable bonds is 8. The minimum atomic E-state index is -3.98. The monoisotopic (exact) mass is 534 g/mol.